The summed E-state index contributed by atoms with van der Waals surface area (Å²) in [6.07, 6.45) is 2.08. The molecule has 0 aliphatic carbocycles. The van der Waals surface area contributed by atoms with E-state index in [2.05, 4.69) is 36.9 Å². The van der Waals surface area contributed by atoms with Crippen LogP contribution in [0, 0.1) is 6.08 Å². The van der Waals surface area contributed by atoms with Crippen LogP contribution in [0.5, 0.6) is 0 Å². The van der Waals surface area contributed by atoms with E-state index in [0.29, 0.717) is 5.56 Å². The molecule has 155 valence electrons. The van der Waals surface area contributed by atoms with E-state index in [1.807, 2.05) is 48.5 Å². The monoisotopic (exact) mass is 507 g/mol. The molecule has 0 aliphatic heterocycles. The number of esters is 2. The van der Waals surface area contributed by atoms with Gasteiger partial charge in [-0.2, -0.15) is 0 Å². The number of ether oxygens (including phenoxy) is 2. The average Bonchev–Trinajstić information content (AvgIpc) is 2.78. The molecule has 3 aromatic rings. The Morgan fingerprint density at radius 1 is 0.733 bits per heavy atom. The van der Waals surface area contributed by atoms with E-state index in [1.54, 1.807) is 12.1 Å². The zero-order chi connectivity index (χ0) is 20.5. The molecule has 0 N–H and O–H groups in total. The molecule has 0 amide bonds. The van der Waals surface area contributed by atoms with Crippen LogP contribution in [0.2, 0.25) is 0 Å². The van der Waals surface area contributed by atoms with Crippen molar-refractivity contribution in [1.82, 2.24) is 0 Å². The van der Waals surface area contributed by atoms with Crippen LogP contribution < -0.4 is 0 Å². The van der Waals surface area contributed by atoms with Crippen LogP contribution in [0.15, 0.2) is 106 Å². The molecule has 0 bridgehead atoms. The molecule has 0 atom stereocenters. The fourth-order valence-corrected chi connectivity index (χ4v) is 4.73. The fraction of sp³-hybridized carbons (Fsp3) is 0.0833. The zero-order valence-corrected chi connectivity index (χ0v) is 18.5. The van der Waals surface area contributed by atoms with Gasteiger partial charge in [-0.05, 0) is 48.5 Å². The Kier molecular flexibility index (Phi) is 9.52. The second kappa shape index (κ2) is 12.1. The van der Waals surface area contributed by atoms with Crippen LogP contribution in [-0.2, 0) is 44.6 Å². The summed E-state index contributed by atoms with van der Waals surface area (Å²) in [4.78, 5) is 26.6. The Morgan fingerprint density at radius 3 is 1.70 bits per heavy atom. The van der Waals surface area contributed by atoms with Crippen LogP contribution >= 0.6 is 0 Å². The molecule has 0 aliphatic rings. The first-order valence-electron chi connectivity index (χ1n) is 9.00. The molecule has 6 heteroatoms. The molecule has 3 rings (SSSR count). The number of hydrogen-bond donors (Lipinski definition) is 0. The molecular weight excluding hydrogens is 487 g/mol. The van der Waals surface area contributed by atoms with Gasteiger partial charge in [0.25, 0.3) is 0 Å². The molecule has 0 fully saturated rings. The maximum Gasteiger partial charge on any atom is 0.338 e. The van der Waals surface area contributed by atoms with E-state index < -0.39 is 11.9 Å². The standard InChI is InChI=1S/C24H20O4S.Rh/c1-2-23(25)27-17-18-28-24(26)19-13-15-22(16-14-19)29(20-9-5-3-6-10-20)21-11-7-4-8-12-21;/h3-16H,1,17-18H2;. The Hall–Kier alpha value is -2.69. The van der Waals surface area contributed by atoms with Crippen molar-refractivity contribution in [3.8, 4) is 0 Å². The van der Waals surface area contributed by atoms with E-state index in [0.717, 1.165) is 4.90 Å². The molecule has 0 saturated carbocycles. The van der Waals surface area contributed by atoms with Crippen LogP contribution in [0.4, 0.5) is 0 Å². The number of carbonyl (C=O) groups is 2. The van der Waals surface area contributed by atoms with E-state index in [1.165, 1.54) is 9.79 Å². The Bertz CT molecular complexity index is 920. The van der Waals surface area contributed by atoms with Gasteiger partial charge < -0.3 is 15.5 Å². The second-order valence-corrected chi connectivity index (χ2v) is 7.93. The maximum absolute atomic E-state index is 12.2. The van der Waals surface area contributed by atoms with Crippen molar-refractivity contribution >= 4 is 22.8 Å². The van der Waals surface area contributed by atoms with Crippen molar-refractivity contribution in [2.75, 3.05) is 13.2 Å². The third kappa shape index (κ3) is 6.41. The predicted octanol–water partition coefficient (Wildman–Crippen LogP) is 4.47. The molecule has 4 nitrogen and oxygen atoms in total. The minimum Gasteiger partial charge on any atom is -0.486 e. The molecule has 1 radical (unpaired) electrons. The molecule has 0 heterocycles. The average molecular weight is 507 g/mol. The first-order chi connectivity index (χ1) is 14.2. The Labute approximate surface area is 192 Å². The minimum atomic E-state index is -0.667. The van der Waals surface area contributed by atoms with Crippen molar-refractivity contribution in [3.05, 3.63) is 103 Å². The fourth-order valence-electron chi connectivity index (χ4n) is 2.65. The summed E-state index contributed by atoms with van der Waals surface area (Å²) in [5.74, 6) is -1.13. The van der Waals surface area contributed by atoms with Crippen LogP contribution in [-0.4, -0.2) is 25.2 Å². The normalized spacial score (nSPS) is 10.0. The van der Waals surface area contributed by atoms with Crippen molar-refractivity contribution in [1.29, 1.82) is 0 Å². The van der Waals surface area contributed by atoms with Crippen molar-refractivity contribution in [3.63, 3.8) is 0 Å². The summed E-state index contributed by atoms with van der Waals surface area (Å²) < 4.78 is 9.87. The molecule has 0 unspecified atom stereocenters. The van der Waals surface area contributed by atoms with Gasteiger partial charge in [0.05, 0.1) is 16.5 Å². The van der Waals surface area contributed by atoms with E-state index in [9.17, 15) is 9.59 Å². The predicted molar refractivity (Wildman–Crippen MR) is 112 cm³/mol. The minimum absolute atomic E-state index is 0. The van der Waals surface area contributed by atoms with E-state index >= 15 is 0 Å². The number of carbonyl (C=O) groups excluding carboxylic acids is 2. The van der Waals surface area contributed by atoms with Crippen molar-refractivity contribution in [2.45, 2.75) is 14.7 Å². The van der Waals surface area contributed by atoms with Gasteiger partial charge in [0, 0.05) is 19.5 Å². The molecule has 0 aromatic heterocycles. The summed E-state index contributed by atoms with van der Waals surface area (Å²) in [6, 6.07) is 28.0. The van der Waals surface area contributed by atoms with Crippen molar-refractivity contribution in [2.24, 2.45) is 0 Å². The molecule has 0 spiro atoms. The van der Waals surface area contributed by atoms with Gasteiger partial charge in [0.1, 0.15) is 19.2 Å². The zero-order valence-electron chi connectivity index (χ0n) is 16.1. The first kappa shape index (κ1) is 23.6. The topological polar surface area (TPSA) is 52.6 Å². The third-order valence-electron chi connectivity index (χ3n) is 3.98. The van der Waals surface area contributed by atoms with E-state index in [4.69, 9.17) is 9.47 Å². The van der Waals surface area contributed by atoms with Crippen LogP contribution in [0.3, 0.4) is 0 Å². The summed E-state index contributed by atoms with van der Waals surface area (Å²) in [6.45, 7) is 3.13. The summed E-state index contributed by atoms with van der Waals surface area (Å²) >= 11 is 0. The van der Waals surface area contributed by atoms with Gasteiger partial charge in [-0.15, -0.1) is 0 Å². The number of rotatable bonds is 8. The number of benzene rings is 3. The largest absolute Gasteiger partial charge is 0.486 e. The number of hydrogen-bond acceptors (Lipinski definition) is 4. The van der Waals surface area contributed by atoms with Gasteiger partial charge >= 0.3 is 5.97 Å². The SMILES string of the molecule is C=[C-]C(=O)OCCOC(=O)c1ccc([S+](c2ccccc2)c2ccccc2)cc1.[Rh]. The molecule has 0 saturated heterocycles. The van der Waals surface area contributed by atoms with Gasteiger partial charge in [0.15, 0.2) is 14.7 Å². The van der Waals surface area contributed by atoms with Crippen LogP contribution in [0.1, 0.15) is 10.4 Å². The second-order valence-electron chi connectivity index (χ2n) is 5.91. The molecule has 3 aromatic carbocycles. The smallest absolute Gasteiger partial charge is 0.338 e. The molecular formula is C24H20O4RhS. The summed E-state index contributed by atoms with van der Waals surface area (Å²) in [7, 11) is -0.272. The van der Waals surface area contributed by atoms with Crippen molar-refractivity contribution < 1.29 is 38.5 Å². The Balaban J connectivity index is 0.00000320. The van der Waals surface area contributed by atoms with Gasteiger partial charge in [0.2, 0.25) is 0 Å². The summed E-state index contributed by atoms with van der Waals surface area (Å²) in [5.41, 5.74) is 0.444. The summed E-state index contributed by atoms with van der Waals surface area (Å²) in [5, 5.41) is 0. The Morgan fingerprint density at radius 2 is 1.20 bits per heavy atom. The van der Waals surface area contributed by atoms with Gasteiger partial charge in [-0.3, -0.25) is 11.4 Å². The third-order valence-corrected chi connectivity index (χ3v) is 6.21. The van der Waals surface area contributed by atoms with Gasteiger partial charge in [-0.1, -0.05) is 36.4 Å². The quantitative estimate of drug-likeness (QED) is 0.113. The van der Waals surface area contributed by atoms with Crippen LogP contribution in [0.25, 0.3) is 0 Å². The first-order valence-corrected chi connectivity index (χ1v) is 10.2. The van der Waals surface area contributed by atoms with E-state index in [-0.39, 0.29) is 43.6 Å². The molecule has 30 heavy (non-hydrogen) atoms. The maximum atomic E-state index is 12.2. The van der Waals surface area contributed by atoms with Gasteiger partial charge in [-0.25, -0.2) is 4.79 Å².